The molecule has 45 heavy (non-hydrogen) atoms. The normalized spacial score (nSPS) is 14.4. The van der Waals surface area contributed by atoms with Crippen molar-refractivity contribution in [2.45, 2.75) is 31.5 Å². The quantitative estimate of drug-likeness (QED) is 0.196. The molecule has 0 fully saturated rings. The lowest BCUT2D eigenvalue weighted by Gasteiger charge is -2.28. The van der Waals surface area contributed by atoms with E-state index in [-0.39, 0.29) is 18.4 Å². The van der Waals surface area contributed by atoms with Crippen molar-refractivity contribution >= 4 is 58.0 Å². The summed E-state index contributed by atoms with van der Waals surface area (Å²) in [5.74, 6) is 0.180. The number of carbonyl (C=O) groups excluding carboxylic acids is 2. The summed E-state index contributed by atoms with van der Waals surface area (Å²) in [5.41, 5.74) is 5.83. The maximum Gasteiger partial charge on any atom is 0.411 e. The smallest absolute Gasteiger partial charge is 0.367 e. The Kier molecular flexibility index (Phi) is 10.3. The maximum atomic E-state index is 12.7. The van der Waals surface area contributed by atoms with Crippen molar-refractivity contribution in [3.05, 3.63) is 117 Å². The van der Waals surface area contributed by atoms with Crippen molar-refractivity contribution in [1.82, 2.24) is 9.97 Å². The third kappa shape index (κ3) is 8.12. The van der Waals surface area contributed by atoms with E-state index < -0.39 is 12.8 Å². The van der Waals surface area contributed by atoms with Gasteiger partial charge in [-0.25, -0.2) is 0 Å². The van der Waals surface area contributed by atoms with E-state index >= 15 is 0 Å². The average Bonchev–Trinajstić information content (AvgIpc) is 3.01. The van der Waals surface area contributed by atoms with E-state index in [1.807, 2.05) is 12.1 Å². The Morgan fingerprint density at radius 3 is 1.71 bits per heavy atom. The third-order valence-electron chi connectivity index (χ3n) is 7.17. The van der Waals surface area contributed by atoms with Crippen LogP contribution in [0, 0.1) is 0 Å². The zero-order valence-corrected chi connectivity index (χ0v) is 25.9. The largest absolute Gasteiger partial charge is 0.411 e. The van der Waals surface area contributed by atoms with E-state index in [2.05, 4.69) is 14.7 Å². The van der Waals surface area contributed by atoms with Crippen LogP contribution in [-0.4, -0.2) is 47.7 Å². The van der Waals surface area contributed by atoms with Gasteiger partial charge >= 0.3 is 6.18 Å². The van der Waals surface area contributed by atoms with E-state index in [0.717, 1.165) is 28.8 Å². The molecule has 2 amide bonds. The summed E-state index contributed by atoms with van der Waals surface area (Å²) in [6.45, 7) is -0.483. The highest BCUT2D eigenvalue weighted by molar-refractivity contribution is 6.31. The second kappa shape index (κ2) is 14.2. The van der Waals surface area contributed by atoms with Crippen LogP contribution in [0.4, 0.5) is 24.5 Å². The summed E-state index contributed by atoms with van der Waals surface area (Å²) in [7, 11) is 0. The minimum Gasteiger partial charge on any atom is -0.367 e. The number of alkyl halides is 4. The molecule has 0 radical (unpaired) electrons. The first-order chi connectivity index (χ1) is 21.5. The topological polar surface area (TPSA) is 75.6 Å². The number of aromatic nitrogens is 2. The number of ether oxygens (including phenoxy) is 1. The SMILES string of the molecule is O=C1c2ccc(Cl)cc2CCN1c1cncc(CCl)c1.O=C1c2ccc(Cl)cc2CCN1c1cncc(COCC(F)(F)F)c1. The Labute approximate surface area is 272 Å². The molecule has 2 aliphatic heterocycles. The van der Waals surface area contributed by atoms with Gasteiger partial charge in [-0.2, -0.15) is 13.2 Å². The number of nitrogens with zero attached hydrogens (tertiary/aromatic N) is 4. The van der Waals surface area contributed by atoms with Gasteiger partial charge in [0.1, 0.15) is 6.61 Å². The molecule has 0 saturated heterocycles. The molecule has 2 aromatic carbocycles. The molecule has 0 N–H and O–H groups in total. The van der Waals surface area contributed by atoms with Gasteiger partial charge in [0, 0.05) is 52.5 Å². The molecule has 2 aliphatic rings. The number of hydrogen-bond donors (Lipinski definition) is 0. The minimum atomic E-state index is -4.38. The second-order valence-corrected chi connectivity index (χ2v) is 11.5. The van der Waals surface area contributed by atoms with Crippen molar-refractivity contribution in [3.8, 4) is 0 Å². The van der Waals surface area contributed by atoms with Gasteiger partial charge in [0.15, 0.2) is 0 Å². The van der Waals surface area contributed by atoms with E-state index in [4.69, 9.17) is 34.8 Å². The van der Waals surface area contributed by atoms with Gasteiger partial charge in [0.2, 0.25) is 0 Å². The van der Waals surface area contributed by atoms with Crippen molar-refractivity contribution in [3.63, 3.8) is 0 Å². The van der Waals surface area contributed by atoms with E-state index in [1.165, 1.54) is 12.4 Å². The number of benzene rings is 2. The maximum absolute atomic E-state index is 12.7. The molecular weight excluding hydrogens is 652 g/mol. The van der Waals surface area contributed by atoms with Gasteiger partial charge in [-0.3, -0.25) is 19.6 Å². The molecule has 7 nitrogen and oxygen atoms in total. The minimum absolute atomic E-state index is 0.0172. The first-order valence-corrected chi connectivity index (χ1v) is 15.1. The summed E-state index contributed by atoms with van der Waals surface area (Å²) in [4.78, 5) is 36.6. The highest BCUT2D eigenvalue weighted by Gasteiger charge is 2.29. The fourth-order valence-corrected chi connectivity index (χ4v) is 5.62. The Bertz CT molecular complexity index is 1720. The van der Waals surface area contributed by atoms with Crippen LogP contribution in [0.15, 0.2) is 73.3 Å². The fraction of sp³-hybridized carbons (Fsp3) is 0.250. The molecule has 0 unspecified atom stereocenters. The van der Waals surface area contributed by atoms with Crippen LogP contribution in [0.5, 0.6) is 0 Å². The Morgan fingerprint density at radius 1 is 0.733 bits per heavy atom. The molecule has 0 saturated carbocycles. The fourth-order valence-electron chi connectivity index (χ4n) is 5.09. The van der Waals surface area contributed by atoms with Gasteiger partial charge in [0.05, 0.1) is 30.4 Å². The molecule has 4 heterocycles. The van der Waals surface area contributed by atoms with E-state index in [1.54, 1.807) is 58.6 Å². The highest BCUT2D eigenvalue weighted by Crippen LogP contribution is 2.28. The Balaban J connectivity index is 0.000000182. The predicted octanol–water partition coefficient (Wildman–Crippen LogP) is 7.69. The van der Waals surface area contributed by atoms with Crippen LogP contribution in [-0.2, 0) is 30.1 Å². The number of amides is 2. The van der Waals surface area contributed by atoms with Gasteiger partial charge in [-0.1, -0.05) is 23.2 Å². The van der Waals surface area contributed by atoms with Crippen LogP contribution in [0.2, 0.25) is 10.0 Å². The average molecular weight is 678 g/mol. The molecular formula is C32H26Cl3F3N4O3. The van der Waals surface area contributed by atoms with Crippen LogP contribution in [0.3, 0.4) is 0 Å². The predicted molar refractivity (Wildman–Crippen MR) is 167 cm³/mol. The van der Waals surface area contributed by atoms with Crippen molar-refractivity contribution < 1.29 is 27.5 Å². The number of rotatable bonds is 6. The van der Waals surface area contributed by atoms with Crippen molar-refractivity contribution in [2.75, 3.05) is 29.5 Å². The monoisotopic (exact) mass is 676 g/mol. The Hall–Kier alpha value is -3.70. The lowest BCUT2D eigenvalue weighted by Crippen LogP contribution is -2.37. The molecule has 6 rings (SSSR count). The number of pyridine rings is 2. The highest BCUT2D eigenvalue weighted by atomic mass is 35.5. The van der Waals surface area contributed by atoms with Gasteiger partial charge < -0.3 is 14.5 Å². The standard InChI is InChI=1S/C17H14ClF3N2O2.C15H12Cl2N2O/c18-13-1-2-15-12(6-13)3-4-23(16(15)24)14-5-11(7-22-8-14)9-25-10-17(19,20)21;16-7-10-5-13(9-18-8-10)19-4-3-11-6-12(17)1-2-14(11)15(19)20/h1-2,5-8H,3-4,9-10H2;1-2,5-6,8-9H,3-4,7H2. The number of halogens is 6. The van der Waals surface area contributed by atoms with Gasteiger partial charge in [-0.15, -0.1) is 11.6 Å². The third-order valence-corrected chi connectivity index (χ3v) is 7.95. The summed E-state index contributed by atoms with van der Waals surface area (Å²) in [5, 5.41) is 1.24. The molecule has 0 spiro atoms. The summed E-state index contributed by atoms with van der Waals surface area (Å²) < 4.78 is 41.1. The summed E-state index contributed by atoms with van der Waals surface area (Å²) >= 11 is 17.7. The summed E-state index contributed by atoms with van der Waals surface area (Å²) in [6, 6.07) is 14.0. The number of fused-ring (bicyclic) bond motifs is 2. The number of anilines is 2. The van der Waals surface area contributed by atoms with Gasteiger partial charge in [0.25, 0.3) is 11.8 Å². The van der Waals surface area contributed by atoms with Gasteiger partial charge in [-0.05, 0) is 83.6 Å². The van der Waals surface area contributed by atoms with E-state index in [9.17, 15) is 22.8 Å². The Morgan fingerprint density at radius 2 is 1.22 bits per heavy atom. The molecule has 0 bridgehead atoms. The lowest BCUT2D eigenvalue weighted by atomic mass is 9.98. The van der Waals surface area contributed by atoms with Crippen LogP contribution < -0.4 is 9.80 Å². The van der Waals surface area contributed by atoms with Crippen molar-refractivity contribution in [2.24, 2.45) is 0 Å². The first kappa shape index (κ1) is 32.7. The number of carbonyl (C=O) groups is 2. The van der Waals surface area contributed by atoms with E-state index in [0.29, 0.717) is 57.8 Å². The second-order valence-electron chi connectivity index (χ2n) is 10.4. The zero-order valence-electron chi connectivity index (χ0n) is 23.7. The van der Waals surface area contributed by atoms with Crippen molar-refractivity contribution in [1.29, 1.82) is 0 Å². The summed E-state index contributed by atoms with van der Waals surface area (Å²) in [6.07, 6.45) is 3.36. The zero-order chi connectivity index (χ0) is 32.1. The molecule has 13 heteroatoms. The lowest BCUT2D eigenvalue weighted by molar-refractivity contribution is -0.176. The molecule has 0 atom stereocenters. The van der Waals surface area contributed by atoms with Crippen LogP contribution in [0.25, 0.3) is 0 Å². The van der Waals surface area contributed by atoms with Crippen LogP contribution >= 0.6 is 34.8 Å². The van der Waals surface area contributed by atoms with Crippen LogP contribution in [0.1, 0.15) is 43.0 Å². The molecule has 234 valence electrons. The molecule has 2 aromatic heterocycles. The molecule has 4 aromatic rings. The first-order valence-electron chi connectivity index (χ1n) is 13.8. The number of hydrogen-bond acceptors (Lipinski definition) is 5. The molecule has 0 aliphatic carbocycles.